The van der Waals surface area contributed by atoms with Crippen LogP contribution in [-0.4, -0.2) is 26.8 Å². The van der Waals surface area contributed by atoms with E-state index in [0.29, 0.717) is 35.4 Å². The molecule has 2 aromatic carbocycles. The molecule has 1 aliphatic rings. The minimum absolute atomic E-state index is 0.100. The second kappa shape index (κ2) is 8.72. The second-order valence-electron chi connectivity index (χ2n) is 7.53. The van der Waals surface area contributed by atoms with E-state index in [9.17, 15) is 14.9 Å². The molecule has 0 unspecified atom stereocenters. The number of hydrogen-bond donors (Lipinski definition) is 1. The molecule has 1 fully saturated rings. The summed E-state index contributed by atoms with van der Waals surface area (Å²) in [6.07, 6.45) is 3.27. The Morgan fingerprint density at radius 2 is 1.83 bits per heavy atom. The Kier molecular flexibility index (Phi) is 5.86. The Balaban J connectivity index is 1.60. The molecule has 3 aromatic rings. The molecule has 4 rings (SSSR count). The molecule has 0 aliphatic heterocycles. The molecule has 1 aliphatic carbocycles. The van der Waals surface area contributed by atoms with Gasteiger partial charge in [-0.2, -0.15) is 5.26 Å². The standard InChI is InChI=1S/C23H22N4O2S/c24-16-23(12-6-7-13-23)26-20(28)15-30-22-25-19-11-5-4-10-18(19)21(29)27(22)14-17-8-2-1-3-9-17/h1-5,8-11H,6-7,12-15H2,(H,26,28). The molecule has 1 heterocycles. The van der Waals surface area contributed by atoms with Gasteiger partial charge in [-0.1, -0.05) is 54.2 Å². The largest absolute Gasteiger partial charge is 0.337 e. The molecule has 152 valence electrons. The van der Waals surface area contributed by atoms with Crippen molar-refractivity contribution in [1.82, 2.24) is 14.9 Å². The van der Waals surface area contributed by atoms with Gasteiger partial charge in [-0.25, -0.2) is 4.98 Å². The quantitative estimate of drug-likeness (QED) is 0.489. The summed E-state index contributed by atoms with van der Waals surface area (Å²) in [4.78, 5) is 30.4. The Bertz CT molecular complexity index is 1160. The fourth-order valence-electron chi connectivity index (χ4n) is 3.84. The van der Waals surface area contributed by atoms with Crippen LogP contribution in [0.2, 0.25) is 0 Å². The van der Waals surface area contributed by atoms with Gasteiger partial charge in [0.05, 0.1) is 29.3 Å². The summed E-state index contributed by atoms with van der Waals surface area (Å²) in [5.41, 5.74) is 0.714. The lowest BCUT2D eigenvalue weighted by molar-refractivity contribution is -0.119. The van der Waals surface area contributed by atoms with E-state index in [1.807, 2.05) is 42.5 Å². The average Bonchev–Trinajstić information content (AvgIpc) is 3.24. The summed E-state index contributed by atoms with van der Waals surface area (Å²) in [5.74, 6) is -0.111. The van der Waals surface area contributed by atoms with Gasteiger partial charge in [0, 0.05) is 0 Å². The van der Waals surface area contributed by atoms with E-state index in [2.05, 4.69) is 16.4 Å². The molecule has 1 aromatic heterocycles. The first-order chi connectivity index (χ1) is 14.6. The lowest BCUT2D eigenvalue weighted by Crippen LogP contribution is -2.45. The summed E-state index contributed by atoms with van der Waals surface area (Å²) in [6.45, 7) is 0.379. The van der Waals surface area contributed by atoms with Crippen LogP contribution in [-0.2, 0) is 11.3 Å². The molecular formula is C23H22N4O2S. The Labute approximate surface area is 178 Å². The van der Waals surface area contributed by atoms with E-state index in [4.69, 9.17) is 0 Å². The average molecular weight is 419 g/mol. The highest BCUT2D eigenvalue weighted by Gasteiger charge is 2.35. The van der Waals surface area contributed by atoms with E-state index >= 15 is 0 Å². The van der Waals surface area contributed by atoms with E-state index in [1.54, 1.807) is 16.7 Å². The SMILES string of the molecule is N#CC1(NC(=O)CSc2nc3ccccc3c(=O)n2Cc2ccccc2)CCCC1. The van der Waals surface area contributed by atoms with Crippen LogP contribution in [0.3, 0.4) is 0 Å². The van der Waals surface area contributed by atoms with Gasteiger partial charge in [0.2, 0.25) is 5.91 Å². The maximum absolute atomic E-state index is 13.1. The predicted octanol–water partition coefficient (Wildman–Crippen LogP) is 3.49. The van der Waals surface area contributed by atoms with Crippen molar-refractivity contribution >= 4 is 28.6 Å². The number of amides is 1. The van der Waals surface area contributed by atoms with Crippen LogP contribution in [0.4, 0.5) is 0 Å². The molecule has 0 atom stereocenters. The molecule has 1 saturated carbocycles. The van der Waals surface area contributed by atoms with Crippen molar-refractivity contribution in [3.05, 3.63) is 70.5 Å². The van der Waals surface area contributed by atoms with Crippen molar-refractivity contribution in [3.63, 3.8) is 0 Å². The minimum atomic E-state index is -0.752. The number of hydrogen-bond acceptors (Lipinski definition) is 5. The molecule has 0 spiro atoms. The Morgan fingerprint density at radius 1 is 1.13 bits per heavy atom. The molecule has 7 heteroatoms. The summed E-state index contributed by atoms with van der Waals surface area (Å²) in [7, 11) is 0. The van der Waals surface area contributed by atoms with Crippen LogP contribution >= 0.6 is 11.8 Å². The predicted molar refractivity (Wildman–Crippen MR) is 117 cm³/mol. The van der Waals surface area contributed by atoms with Gasteiger partial charge in [-0.3, -0.25) is 14.2 Å². The minimum Gasteiger partial charge on any atom is -0.337 e. The van der Waals surface area contributed by atoms with E-state index in [1.165, 1.54) is 11.8 Å². The maximum Gasteiger partial charge on any atom is 0.262 e. The van der Waals surface area contributed by atoms with Crippen LogP contribution in [0.1, 0.15) is 31.2 Å². The number of fused-ring (bicyclic) bond motifs is 1. The van der Waals surface area contributed by atoms with Gasteiger partial charge in [-0.05, 0) is 43.4 Å². The number of aromatic nitrogens is 2. The topological polar surface area (TPSA) is 87.8 Å². The Hall–Kier alpha value is -3.11. The molecule has 0 saturated heterocycles. The zero-order chi connectivity index (χ0) is 21.0. The smallest absolute Gasteiger partial charge is 0.262 e. The normalized spacial score (nSPS) is 15.0. The van der Waals surface area contributed by atoms with Gasteiger partial charge in [-0.15, -0.1) is 0 Å². The first-order valence-electron chi connectivity index (χ1n) is 9.99. The van der Waals surface area contributed by atoms with Crippen LogP contribution in [0, 0.1) is 11.3 Å². The monoisotopic (exact) mass is 418 g/mol. The first kappa shape index (κ1) is 20.2. The first-order valence-corrected chi connectivity index (χ1v) is 11.0. The number of nitrogens with zero attached hydrogens (tertiary/aromatic N) is 3. The summed E-state index contributed by atoms with van der Waals surface area (Å²) >= 11 is 1.23. The molecule has 30 heavy (non-hydrogen) atoms. The van der Waals surface area contributed by atoms with Gasteiger partial charge in [0.25, 0.3) is 5.56 Å². The number of rotatable bonds is 6. The van der Waals surface area contributed by atoms with Crippen LogP contribution < -0.4 is 10.9 Å². The zero-order valence-electron chi connectivity index (χ0n) is 16.5. The number of para-hydroxylation sites is 1. The fraction of sp³-hybridized carbons (Fsp3) is 0.304. The third-order valence-electron chi connectivity index (χ3n) is 5.39. The molecular weight excluding hydrogens is 396 g/mol. The highest BCUT2D eigenvalue weighted by Crippen LogP contribution is 2.29. The third kappa shape index (κ3) is 4.24. The van der Waals surface area contributed by atoms with Crippen molar-refractivity contribution in [2.75, 3.05) is 5.75 Å². The highest BCUT2D eigenvalue weighted by atomic mass is 32.2. The maximum atomic E-state index is 13.1. The van der Waals surface area contributed by atoms with Crippen molar-refractivity contribution in [1.29, 1.82) is 5.26 Å². The summed E-state index contributed by atoms with van der Waals surface area (Å²) < 4.78 is 1.62. The van der Waals surface area contributed by atoms with E-state index in [0.717, 1.165) is 18.4 Å². The van der Waals surface area contributed by atoms with E-state index < -0.39 is 5.54 Å². The number of thioether (sulfide) groups is 1. The van der Waals surface area contributed by atoms with Crippen LogP contribution in [0.5, 0.6) is 0 Å². The van der Waals surface area contributed by atoms with Crippen molar-refractivity contribution in [2.24, 2.45) is 0 Å². The number of carbonyl (C=O) groups excluding carboxylic acids is 1. The summed E-state index contributed by atoms with van der Waals surface area (Å²) in [6, 6.07) is 19.2. The van der Waals surface area contributed by atoms with Crippen molar-refractivity contribution < 1.29 is 4.79 Å². The Morgan fingerprint density at radius 3 is 2.57 bits per heavy atom. The second-order valence-corrected chi connectivity index (χ2v) is 8.47. The van der Waals surface area contributed by atoms with Crippen LogP contribution in [0.15, 0.2) is 64.5 Å². The van der Waals surface area contributed by atoms with Crippen molar-refractivity contribution in [3.8, 4) is 6.07 Å². The van der Waals surface area contributed by atoms with Gasteiger partial charge < -0.3 is 5.32 Å². The zero-order valence-corrected chi connectivity index (χ0v) is 17.3. The lowest BCUT2D eigenvalue weighted by Gasteiger charge is -2.22. The molecule has 1 N–H and O–H groups in total. The molecule has 0 radical (unpaired) electrons. The lowest BCUT2D eigenvalue weighted by atomic mass is 10.0. The van der Waals surface area contributed by atoms with Gasteiger partial charge in [0.1, 0.15) is 5.54 Å². The molecule has 6 nitrogen and oxygen atoms in total. The third-order valence-corrected chi connectivity index (χ3v) is 6.37. The van der Waals surface area contributed by atoms with Gasteiger partial charge >= 0.3 is 0 Å². The van der Waals surface area contributed by atoms with Crippen LogP contribution in [0.25, 0.3) is 10.9 Å². The number of carbonyl (C=O) groups is 1. The van der Waals surface area contributed by atoms with E-state index in [-0.39, 0.29) is 17.2 Å². The number of nitriles is 1. The summed E-state index contributed by atoms with van der Waals surface area (Å²) in [5, 5.41) is 13.4. The number of benzene rings is 2. The molecule has 1 amide bonds. The van der Waals surface area contributed by atoms with Crippen molar-refractivity contribution in [2.45, 2.75) is 42.9 Å². The highest BCUT2D eigenvalue weighted by molar-refractivity contribution is 7.99. The van der Waals surface area contributed by atoms with Gasteiger partial charge in [0.15, 0.2) is 5.16 Å². The fourth-order valence-corrected chi connectivity index (χ4v) is 4.64. The number of nitrogens with one attached hydrogen (secondary N) is 1. The molecule has 0 bridgehead atoms.